The van der Waals surface area contributed by atoms with Gasteiger partial charge in [-0.25, -0.2) is 4.79 Å². The van der Waals surface area contributed by atoms with Gasteiger partial charge in [0.05, 0.1) is 43.6 Å². The van der Waals surface area contributed by atoms with Gasteiger partial charge >= 0.3 is 5.97 Å². The molecule has 1 saturated carbocycles. The van der Waals surface area contributed by atoms with E-state index in [1.807, 2.05) is 36.5 Å². The fourth-order valence-electron chi connectivity index (χ4n) is 4.05. The number of hydrogen-bond acceptors (Lipinski definition) is 5. The van der Waals surface area contributed by atoms with Crippen LogP contribution in [0.3, 0.4) is 0 Å². The largest absolute Gasteiger partial charge is 0.496 e. The number of nitrogens with zero attached hydrogens (tertiary/aromatic N) is 2. The molecule has 2 aromatic carbocycles. The molecule has 31 heavy (non-hydrogen) atoms. The summed E-state index contributed by atoms with van der Waals surface area (Å²) in [4.78, 5) is 29.4. The van der Waals surface area contributed by atoms with Crippen LogP contribution in [0.15, 0.2) is 48.7 Å². The first-order valence-corrected chi connectivity index (χ1v) is 10.4. The van der Waals surface area contributed by atoms with Gasteiger partial charge in [0, 0.05) is 11.8 Å². The molecular weight excluding hydrogens is 396 g/mol. The van der Waals surface area contributed by atoms with Crippen LogP contribution in [0.2, 0.25) is 0 Å². The number of amides is 1. The van der Waals surface area contributed by atoms with Crippen LogP contribution in [0.25, 0.3) is 10.9 Å². The van der Waals surface area contributed by atoms with E-state index in [0.717, 1.165) is 48.6 Å². The number of ether oxygens (including phenoxy) is 2. The third-order valence-electron chi connectivity index (χ3n) is 5.72. The molecule has 1 aromatic heterocycles. The molecule has 1 amide bonds. The van der Waals surface area contributed by atoms with Gasteiger partial charge < -0.3 is 14.0 Å². The minimum atomic E-state index is -0.405. The molecule has 0 unspecified atom stereocenters. The number of esters is 1. The van der Waals surface area contributed by atoms with Crippen molar-refractivity contribution in [2.24, 2.45) is 0 Å². The second-order valence-electron chi connectivity index (χ2n) is 7.65. The molecule has 0 bridgehead atoms. The summed E-state index contributed by atoms with van der Waals surface area (Å²) >= 11 is 0. The van der Waals surface area contributed by atoms with Crippen LogP contribution in [0, 0.1) is 0 Å². The van der Waals surface area contributed by atoms with E-state index in [1.165, 1.54) is 12.2 Å². The molecule has 0 radical (unpaired) electrons. The molecule has 0 aliphatic heterocycles. The molecule has 1 aliphatic rings. The molecule has 0 atom stereocenters. The SMILES string of the molecule is COC(=O)c1ccc(Cn2ccc3ccc(N(C=O)OC4CCCC4)cc32)c(OC)c1. The summed E-state index contributed by atoms with van der Waals surface area (Å²) in [6.07, 6.45) is 7.03. The molecule has 0 N–H and O–H groups in total. The zero-order valence-electron chi connectivity index (χ0n) is 17.7. The van der Waals surface area contributed by atoms with Crippen LogP contribution >= 0.6 is 0 Å². The number of fused-ring (bicyclic) bond motifs is 1. The molecule has 0 saturated heterocycles. The van der Waals surface area contributed by atoms with E-state index in [-0.39, 0.29) is 6.10 Å². The van der Waals surface area contributed by atoms with Crippen molar-refractivity contribution in [3.8, 4) is 5.75 Å². The molecule has 7 heteroatoms. The normalized spacial score (nSPS) is 14.0. The van der Waals surface area contributed by atoms with Crippen molar-refractivity contribution in [2.45, 2.75) is 38.3 Å². The predicted molar refractivity (Wildman–Crippen MR) is 117 cm³/mol. The van der Waals surface area contributed by atoms with Crippen molar-refractivity contribution in [3.63, 3.8) is 0 Å². The fourth-order valence-corrected chi connectivity index (χ4v) is 4.05. The van der Waals surface area contributed by atoms with Crippen molar-refractivity contribution in [1.29, 1.82) is 0 Å². The standard InChI is InChI=1S/C24H26N2O5/c1-29-23-13-18(24(28)30-2)7-8-19(23)15-25-12-11-17-9-10-20(14-22(17)25)26(16-27)31-21-5-3-4-6-21/h7-14,16,21H,3-6,15H2,1-2H3. The van der Waals surface area contributed by atoms with Gasteiger partial charge in [-0.1, -0.05) is 25.0 Å². The highest BCUT2D eigenvalue weighted by atomic mass is 16.7. The lowest BCUT2D eigenvalue weighted by Crippen LogP contribution is -2.27. The van der Waals surface area contributed by atoms with E-state index in [0.29, 0.717) is 23.5 Å². The summed E-state index contributed by atoms with van der Waals surface area (Å²) in [6.45, 7) is 0.544. The van der Waals surface area contributed by atoms with Crippen molar-refractivity contribution in [2.75, 3.05) is 19.3 Å². The van der Waals surface area contributed by atoms with Crippen LogP contribution in [0.1, 0.15) is 41.6 Å². The molecule has 7 nitrogen and oxygen atoms in total. The van der Waals surface area contributed by atoms with Crippen molar-refractivity contribution >= 4 is 29.0 Å². The Labute approximate surface area is 181 Å². The summed E-state index contributed by atoms with van der Waals surface area (Å²) in [5.41, 5.74) is 3.03. The average Bonchev–Trinajstić information content (AvgIpc) is 3.47. The molecule has 162 valence electrons. The van der Waals surface area contributed by atoms with Crippen LogP contribution in [0.4, 0.5) is 5.69 Å². The minimum absolute atomic E-state index is 0.0882. The molecule has 0 spiro atoms. The quantitative estimate of drug-likeness (QED) is 0.307. The van der Waals surface area contributed by atoms with Gasteiger partial charge in [-0.05, 0) is 48.6 Å². The zero-order valence-corrected chi connectivity index (χ0v) is 17.7. The summed E-state index contributed by atoms with van der Waals surface area (Å²) in [6, 6.07) is 13.1. The smallest absolute Gasteiger partial charge is 0.337 e. The third-order valence-corrected chi connectivity index (χ3v) is 5.72. The highest BCUT2D eigenvalue weighted by Crippen LogP contribution is 2.29. The van der Waals surface area contributed by atoms with Gasteiger partial charge in [-0.15, -0.1) is 0 Å². The first-order chi connectivity index (χ1) is 15.1. The van der Waals surface area contributed by atoms with E-state index in [9.17, 15) is 9.59 Å². The van der Waals surface area contributed by atoms with Gasteiger partial charge in [0.2, 0.25) is 6.41 Å². The van der Waals surface area contributed by atoms with E-state index in [2.05, 4.69) is 4.57 Å². The number of aromatic nitrogens is 1. The van der Waals surface area contributed by atoms with E-state index in [1.54, 1.807) is 19.2 Å². The lowest BCUT2D eigenvalue weighted by Gasteiger charge is -2.21. The molecule has 1 heterocycles. The maximum atomic E-state index is 11.8. The molecule has 4 rings (SSSR count). The van der Waals surface area contributed by atoms with Gasteiger partial charge in [0.25, 0.3) is 0 Å². The van der Waals surface area contributed by atoms with Crippen molar-refractivity contribution < 1.29 is 23.9 Å². The number of benzene rings is 2. The van der Waals surface area contributed by atoms with Crippen LogP contribution in [-0.4, -0.2) is 37.3 Å². The van der Waals surface area contributed by atoms with Crippen molar-refractivity contribution in [1.82, 2.24) is 4.57 Å². The predicted octanol–water partition coefficient (Wildman–Crippen LogP) is 4.32. The third kappa shape index (κ3) is 4.41. The summed E-state index contributed by atoms with van der Waals surface area (Å²) in [5, 5.41) is 2.39. The lowest BCUT2D eigenvalue weighted by molar-refractivity contribution is -0.116. The Morgan fingerprint density at radius 3 is 2.65 bits per heavy atom. The summed E-state index contributed by atoms with van der Waals surface area (Å²) in [5.74, 6) is 0.206. The Bertz CT molecular complexity index is 1080. The summed E-state index contributed by atoms with van der Waals surface area (Å²) < 4.78 is 12.4. The van der Waals surface area contributed by atoms with Gasteiger partial charge in [0.1, 0.15) is 5.75 Å². The highest BCUT2D eigenvalue weighted by molar-refractivity contribution is 5.90. The minimum Gasteiger partial charge on any atom is -0.496 e. The van der Waals surface area contributed by atoms with E-state index >= 15 is 0 Å². The van der Waals surface area contributed by atoms with E-state index in [4.69, 9.17) is 14.3 Å². The lowest BCUT2D eigenvalue weighted by atomic mass is 10.1. The fraction of sp³-hybridized carbons (Fsp3) is 0.333. The first kappa shape index (κ1) is 20.9. The van der Waals surface area contributed by atoms with E-state index < -0.39 is 5.97 Å². The molecular formula is C24H26N2O5. The van der Waals surface area contributed by atoms with Crippen LogP contribution in [0.5, 0.6) is 5.75 Å². The number of hydrogen-bond donors (Lipinski definition) is 0. The Morgan fingerprint density at radius 1 is 1.13 bits per heavy atom. The number of rotatable bonds is 8. The monoisotopic (exact) mass is 422 g/mol. The van der Waals surface area contributed by atoms with Gasteiger partial charge in [0.15, 0.2) is 0 Å². The number of hydroxylamine groups is 1. The Balaban J connectivity index is 1.62. The Hall–Kier alpha value is -3.32. The Kier molecular flexibility index (Phi) is 6.23. The number of anilines is 1. The van der Waals surface area contributed by atoms with Gasteiger partial charge in [-0.3, -0.25) is 9.63 Å². The second kappa shape index (κ2) is 9.22. The topological polar surface area (TPSA) is 70.0 Å². The second-order valence-corrected chi connectivity index (χ2v) is 7.65. The maximum Gasteiger partial charge on any atom is 0.337 e. The highest BCUT2D eigenvalue weighted by Gasteiger charge is 2.20. The molecule has 1 aliphatic carbocycles. The zero-order chi connectivity index (χ0) is 21.8. The first-order valence-electron chi connectivity index (χ1n) is 10.4. The van der Waals surface area contributed by atoms with Crippen LogP contribution < -0.4 is 9.80 Å². The number of carbonyl (C=O) groups excluding carboxylic acids is 2. The van der Waals surface area contributed by atoms with Crippen molar-refractivity contribution in [3.05, 3.63) is 59.8 Å². The summed E-state index contributed by atoms with van der Waals surface area (Å²) in [7, 11) is 2.93. The average molecular weight is 422 g/mol. The number of methoxy groups -OCH3 is 2. The molecule has 1 fully saturated rings. The molecule has 3 aromatic rings. The van der Waals surface area contributed by atoms with Gasteiger partial charge in [-0.2, -0.15) is 5.06 Å². The Morgan fingerprint density at radius 2 is 1.94 bits per heavy atom. The number of carbonyl (C=O) groups is 2. The van der Waals surface area contributed by atoms with Crippen LogP contribution in [-0.2, 0) is 20.9 Å². The maximum absolute atomic E-state index is 11.8.